The lowest BCUT2D eigenvalue weighted by atomic mass is 10.2. The van der Waals surface area contributed by atoms with E-state index in [2.05, 4.69) is 5.32 Å². The molecule has 1 atom stereocenters. The van der Waals surface area contributed by atoms with E-state index in [-0.39, 0.29) is 6.04 Å². The van der Waals surface area contributed by atoms with Crippen molar-refractivity contribution in [3.63, 3.8) is 0 Å². The Morgan fingerprint density at radius 3 is 2.54 bits per heavy atom. The largest absolute Gasteiger partial charge is 0.491 e. The second-order valence-electron chi connectivity index (χ2n) is 5.78. The topological polar surface area (TPSA) is 67.9 Å². The third-order valence-corrected chi connectivity index (χ3v) is 5.98. The molecule has 0 saturated carbocycles. The van der Waals surface area contributed by atoms with Crippen molar-refractivity contribution >= 4 is 10.0 Å². The van der Waals surface area contributed by atoms with Crippen LogP contribution < -0.4 is 10.1 Å². The molecule has 1 aromatic rings. The predicted molar refractivity (Wildman–Crippen MR) is 93.9 cm³/mol. The average molecular weight is 356 g/mol. The van der Waals surface area contributed by atoms with E-state index < -0.39 is 10.0 Å². The second kappa shape index (κ2) is 9.36. The predicted octanol–water partition coefficient (Wildman–Crippen LogP) is 1.86. The molecular weight excluding hydrogens is 328 g/mol. The summed E-state index contributed by atoms with van der Waals surface area (Å²) in [6.07, 6.45) is 1.66. The third kappa shape index (κ3) is 4.92. The monoisotopic (exact) mass is 356 g/mol. The molecule has 2 rings (SSSR count). The van der Waals surface area contributed by atoms with Crippen molar-refractivity contribution in [2.75, 3.05) is 39.5 Å². The number of nitrogens with one attached hydrogen (secondary N) is 1. The maximum Gasteiger partial charge on any atom is 0.243 e. The van der Waals surface area contributed by atoms with Gasteiger partial charge in [-0.3, -0.25) is 0 Å². The summed E-state index contributed by atoms with van der Waals surface area (Å²) < 4.78 is 38.3. The van der Waals surface area contributed by atoms with Gasteiger partial charge in [-0.1, -0.05) is 6.92 Å². The third-order valence-electron chi connectivity index (χ3n) is 4.02. The van der Waals surface area contributed by atoms with E-state index in [1.165, 1.54) is 0 Å². The van der Waals surface area contributed by atoms with Gasteiger partial charge in [-0.25, -0.2) is 8.42 Å². The molecular formula is C17H28N2O4S. The van der Waals surface area contributed by atoms with E-state index in [1.54, 1.807) is 28.6 Å². The molecule has 1 fully saturated rings. The normalized spacial score (nSPS) is 18.2. The maximum absolute atomic E-state index is 13.0. The Bertz CT molecular complexity index is 583. The summed E-state index contributed by atoms with van der Waals surface area (Å²) in [4.78, 5) is 0.319. The SMILES string of the molecule is CCCN(C1CCNC1)S(=O)(=O)c1ccc(OCCOCC)cc1. The minimum Gasteiger partial charge on any atom is -0.491 e. The minimum atomic E-state index is -3.48. The molecule has 1 unspecified atom stereocenters. The van der Waals surface area contributed by atoms with Crippen LogP contribution in [0.15, 0.2) is 29.2 Å². The first kappa shape index (κ1) is 19.2. The Hall–Kier alpha value is -1.15. The number of benzene rings is 1. The van der Waals surface area contributed by atoms with Crippen LogP contribution in [-0.4, -0.2) is 58.2 Å². The standard InChI is InChI=1S/C17H28N2O4S/c1-3-11-19(15-9-10-18-14-15)24(20,21)17-7-5-16(6-8-17)23-13-12-22-4-2/h5-8,15,18H,3-4,9-14H2,1-2H3. The van der Waals surface area contributed by atoms with Gasteiger partial charge >= 0.3 is 0 Å². The fraction of sp³-hybridized carbons (Fsp3) is 0.647. The van der Waals surface area contributed by atoms with Crippen LogP contribution in [0.5, 0.6) is 5.75 Å². The molecule has 1 aromatic carbocycles. The average Bonchev–Trinajstić information content (AvgIpc) is 3.11. The van der Waals surface area contributed by atoms with E-state index in [0.29, 0.717) is 37.0 Å². The van der Waals surface area contributed by atoms with E-state index >= 15 is 0 Å². The summed E-state index contributed by atoms with van der Waals surface area (Å²) in [6.45, 7) is 7.70. The van der Waals surface area contributed by atoms with E-state index in [0.717, 1.165) is 25.9 Å². The number of nitrogens with zero attached hydrogens (tertiary/aromatic N) is 1. The lowest BCUT2D eigenvalue weighted by Gasteiger charge is -2.27. The van der Waals surface area contributed by atoms with E-state index in [1.807, 2.05) is 13.8 Å². The molecule has 1 N–H and O–H groups in total. The molecule has 0 aromatic heterocycles. The molecule has 1 saturated heterocycles. The molecule has 6 nitrogen and oxygen atoms in total. The highest BCUT2D eigenvalue weighted by molar-refractivity contribution is 7.89. The van der Waals surface area contributed by atoms with Gasteiger partial charge in [0, 0.05) is 25.7 Å². The first-order chi connectivity index (χ1) is 11.6. The van der Waals surface area contributed by atoms with Gasteiger partial charge in [0.2, 0.25) is 10.0 Å². The van der Waals surface area contributed by atoms with Crippen molar-refractivity contribution in [1.82, 2.24) is 9.62 Å². The number of hydrogen-bond acceptors (Lipinski definition) is 5. The zero-order chi connectivity index (χ0) is 17.4. The van der Waals surface area contributed by atoms with Crippen molar-refractivity contribution in [3.05, 3.63) is 24.3 Å². The number of sulfonamides is 1. The Morgan fingerprint density at radius 1 is 1.21 bits per heavy atom. The van der Waals surface area contributed by atoms with Crippen molar-refractivity contribution in [3.8, 4) is 5.75 Å². The van der Waals surface area contributed by atoms with Gasteiger partial charge in [-0.2, -0.15) is 4.31 Å². The summed E-state index contributed by atoms with van der Waals surface area (Å²) in [6, 6.07) is 6.69. The molecule has 1 aliphatic rings. The van der Waals surface area contributed by atoms with Gasteiger partial charge in [0.25, 0.3) is 0 Å². The Labute approximate surface area is 145 Å². The van der Waals surface area contributed by atoms with Crippen molar-refractivity contribution < 1.29 is 17.9 Å². The van der Waals surface area contributed by atoms with Crippen LogP contribution in [0.1, 0.15) is 26.7 Å². The molecule has 0 aliphatic carbocycles. The molecule has 1 aliphatic heterocycles. The summed E-state index contributed by atoms with van der Waals surface area (Å²) >= 11 is 0. The smallest absolute Gasteiger partial charge is 0.243 e. The maximum atomic E-state index is 13.0. The van der Waals surface area contributed by atoms with Crippen LogP contribution in [0.25, 0.3) is 0 Å². The molecule has 0 amide bonds. The van der Waals surface area contributed by atoms with Crippen molar-refractivity contribution in [1.29, 1.82) is 0 Å². The van der Waals surface area contributed by atoms with Gasteiger partial charge < -0.3 is 14.8 Å². The Morgan fingerprint density at radius 2 is 1.96 bits per heavy atom. The molecule has 136 valence electrons. The van der Waals surface area contributed by atoms with Gasteiger partial charge in [0.1, 0.15) is 12.4 Å². The zero-order valence-electron chi connectivity index (χ0n) is 14.5. The first-order valence-electron chi connectivity index (χ1n) is 8.62. The lowest BCUT2D eigenvalue weighted by molar-refractivity contribution is 0.110. The van der Waals surface area contributed by atoms with E-state index in [4.69, 9.17) is 9.47 Å². The van der Waals surface area contributed by atoms with Gasteiger partial charge in [-0.15, -0.1) is 0 Å². The molecule has 7 heteroatoms. The van der Waals surface area contributed by atoms with Crippen LogP contribution in [0.2, 0.25) is 0 Å². The summed E-state index contributed by atoms with van der Waals surface area (Å²) in [5.74, 6) is 0.651. The zero-order valence-corrected chi connectivity index (χ0v) is 15.3. The second-order valence-corrected chi connectivity index (χ2v) is 7.67. The lowest BCUT2D eigenvalue weighted by Crippen LogP contribution is -2.41. The Kier molecular flexibility index (Phi) is 7.48. The molecule has 24 heavy (non-hydrogen) atoms. The number of hydrogen-bond donors (Lipinski definition) is 1. The number of rotatable bonds is 10. The summed E-state index contributed by atoms with van der Waals surface area (Å²) in [7, 11) is -3.48. The Balaban J connectivity index is 2.06. The fourth-order valence-corrected chi connectivity index (χ4v) is 4.56. The van der Waals surface area contributed by atoms with Gasteiger partial charge in [0.15, 0.2) is 0 Å². The van der Waals surface area contributed by atoms with Crippen LogP contribution in [0.4, 0.5) is 0 Å². The van der Waals surface area contributed by atoms with Crippen LogP contribution in [0.3, 0.4) is 0 Å². The molecule has 0 bridgehead atoms. The fourth-order valence-electron chi connectivity index (χ4n) is 2.81. The highest BCUT2D eigenvalue weighted by atomic mass is 32.2. The van der Waals surface area contributed by atoms with Crippen LogP contribution in [0, 0.1) is 0 Å². The highest BCUT2D eigenvalue weighted by Gasteiger charge is 2.32. The number of ether oxygens (including phenoxy) is 2. The van der Waals surface area contributed by atoms with Crippen LogP contribution in [-0.2, 0) is 14.8 Å². The van der Waals surface area contributed by atoms with Crippen molar-refractivity contribution in [2.24, 2.45) is 0 Å². The molecule has 0 spiro atoms. The minimum absolute atomic E-state index is 0.0390. The summed E-state index contributed by atoms with van der Waals surface area (Å²) in [5, 5.41) is 3.24. The van der Waals surface area contributed by atoms with Gasteiger partial charge in [0.05, 0.1) is 11.5 Å². The van der Waals surface area contributed by atoms with E-state index in [9.17, 15) is 8.42 Å². The summed E-state index contributed by atoms with van der Waals surface area (Å²) in [5.41, 5.74) is 0. The van der Waals surface area contributed by atoms with Gasteiger partial charge in [-0.05, 0) is 50.6 Å². The quantitative estimate of drug-likeness (QED) is 0.648. The molecule has 1 heterocycles. The first-order valence-corrected chi connectivity index (χ1v) is 10.1. The molecule has 0 radical (unpaired) electrons. The van der Waals surface area contributed by atoms with Crippen LogP contribution >= 0.6 is 0 Å². The highest BCUT2D eigenvalue weighted by Crippen LogP contribution is 2.23. The van der Waals surface area contributed by atoms with Crippen molar-refractivity contribution in [2.45, 2.75) is 37.6 Å².